The lowest BCUT2D eigenvalue weighted by atomic mass is 10.4. The number of rotatable bonds is 5. The first kappa shape index (κ1) is 9.58. The summed E-state index contributed by atoms with van der Waals surface area (Å²) in [5, 5.41) is 0. The molecule has 1 aromatic heterocycles. The van der Waals surface area contributed by atoms with Crippen molar-refractivity contribution < 1.29 is 9.53 Å². The van der Waals surface area contributed by atoms with Gasteiger partial charge in [-0.3, -0.25) is 4.79 Å². The standard InChI is InChI=1S/C10H13NO2/c1-2-9-13-10(12)5-8-11-6-3-4-7-11/h2-4,6-7H,1,5,8-9H2. The van der Waals surface area contributed by atoms with Crippen LogP contribution in [0.3, 0.4) is 0 Å². The summed E-state index contributed by atoms with van der Waals surface area (Å²) in [5.74, 6) is -0.186. The first-order valence-corrected chi connectivity index (χ1v) is 4.20. The molecule has 1 rings (SSSR count). The average Bonchev–Trinajstić information content (AvgIpc) is 2.64. The quantitative estimate of drug-likeness (QED) is 0.508. The molecule has 1 aromatic rings. The normalized spacial score (nSPS) is 9.54. The van der Waals surface area contributed by atoms with E-state index in [1.54, 1.807) is 6.08 Å². The van der Waals surface area contributed by atoms with Crippen LogP contribution in [0.25, 0.3) is 0 Å². The smallest absolute Gasteiger partial charge is 0.307 e. The number of hydrogen-bond donors (Lipinski definition) is 0. The summed E-state index contributed by atoms with van der Waals surface area (Å²) in [6.07, 6.45) is 5.80. The fourth-order valence-electron chi connectivity index (χ4n) is 0.964. The highest BCUT2D eigenvalue weighted by Gasteiger charge is 2.00. The summed E-state index contributed by atoms with van der Waals surface area (Å²) in [6.45, 7) is 4.43. The Morgan fingerprint density at radius 2 is 2.15 bits per heavy atom. The Bertz CT molecular complexity index is 264. The summed E-state index contributed by atoms with van der Waals surface area (Å²) < 4.78 is 6.76. The molecule has 0 aliphatic heterocycles. The van der Waals surface area contributed by atoms with E-state index < -0.39 is 0 Å². The van der Waals surface area contributed by atoms with Gasteiger partial charge in [0.05, 0.1) is 6.42 Å². The molecule has 0 N–H and O–H groups in total. The summed E-state index contributed by atoms with van der Waals surface area (Å²) in [5.41, 5.74) is 0. The van der Waals surface area contributed by atoms with Crippen LogP contribution in [0.15, 0.2) is 37.2 Å². The topological polar surface area (TPSA) is 31.2 Å². The molecule has 0 bridgehead atoms. The summed E-state index contributed by atoms with van der Waals surface area (Å²) in [4.78, 5) is 11.0. The minimum atomic E-state index is -0.186. The molecule has 0 aliphatic rings. The highest BCUT2D eigenvalue weighted by atomic mass is 16.5. The molecule has 0 saturated carbocycles. The fourth-order valence-corrected chi connectivity index (χ4v) is 0.964. The number of aryl methyl sites for hydroxylation is 1. The first-order valence-electron chi connectivity index (χ1n) is 4.20. The Morgan fingerprint density at radius 1 is 1.46 bits per heavy atom. The lowest BCUT2D eigenvalue weighted by Crippen LogP contribution is -2.08. The molecule has 70 valence electrons. The highest BCUT2D eigenvalue weighted by Crippen LogP contribution is 1.95. The van der Waals surface area contributed by atoms with Gasteiger partial charge < -0.3 is 9.30 Å². The molecule has 0 saturated heterocycles. The molecule has 0 atom stereocenters. The van der Waals surface area contributed by atoms with Crippen LogP contribution in [0.5, 0.6) is 0 Å². The lowest BCUT2D eigenvalue weighted by Gasteiger charge is -2.02. The van der Waals surface area contributed by atoms with E-state index in [9.17, 15) is 4.79 Å². The number of nitrogens with zero attached hydrogens (tertiary/aromatic N) is 1. The van der Waals surface area contributed by atoms with E-state index in [0.717, 1.165) is 0 Å². The van der Waals surface area contributed by atoms with Gasteiger partial charge in [-0.05, 0) is 12.1 Å². The third-order valence-corrected chi connectivity index (χ3v) is 1.60. The molecule has 0 spiro atoms. The Hall–Kier alpha value is -1.51. The molecule has 3 heteroatoms. The molecule has 0 aliphatic carbocycles. The predicted octanol–water partition coefficient (Wildman–Crippen LogP) is 1.61. The van der Waals surface area contributed by atoms with Crippen LogP contribution in [0.4, 0.5) is 0 Å². The number of carbonyl (C=O) groups is 1. The van der Waals surface area contributed by atoms with Crippen LogP contribution in [-0.4, -0.2) is 17.1 Å². The van der Waals surface area contributed by atoms with Crippen molar-refractivity contribution in [3.05, 3.63) is 37.2 Å². The summed E-state index contributed by atoms with van der Waals surface area (Å²) >= 11 is 0. The third-order valence-electron chi connectivity index (χ3n) is 1.60. The second-order valence-electron chi connectivity index (χ2n) is 2.64. The Labute approximate surface area is 77.6 Å². The van der Waals surface area contributed by atoms with Crippen molar-refractivity contribution in [2.24, 2.45) is 0 Å². The van der Waals surface area contributed by atoms with Crippen molar-refractivity contribution in [2.45, 2.75) is 13.0 Å². The van der Waals surface area contributed by atoms with E-state index >= 15 is 0 Å². The number of esters is 1. The van der Waals surface area contributed by atoms with Gasteiger partial charge in [0.25, 0.3) is 0 Å². The van der Waals surface area contributed by atoms with Gasteiger partial charge in [0.15, 0.2) is 0 Å². The molecular weight excluding hydrogens is 166 g/mol. The second kappa shape index (κ2) is 5.19. The van der Waals surface area contributed by atoms with Crippen molar-refractivity contribution in [1.82, 2.24) is 4.57 Å². The SMILES string of the molecule is C=CCOC(=O)CCn1cccc1. The maximum Gasteiger partial charge on any atom is 0.307 e. The Morgan fingerprint density at radius 3 is 2.77 bits per heavy atom. The average molecular weight is 179 g/mol. The van der Waals surface area contributed by atoms with E-state index in [4.69, 9.17) is 4.74 Å². The van der Waals surface area contributed by atoms with Crippen molar-refractivity contribution in [3.8, 4) is 0 Å². The Balaban J connectivity index is 2.19. The van der Waals surface area contributed by atoms with Crippen molar-refractivity contribution in [2.75, 3.05) is 6.61 Å². The number of hydrogen-bond acceptors (Lipinski definition) is 2. The van der Waals surface area contributed by atoms with E-state index in [1.165, 1.54) is 0 Å². The molecule has 13 heavy (non-hydrogen) atoms. The van der Waals surface area contributed by atoms with Crippen LogP contribution >= 0.6 is 0 Å². The third kappa shape index (κ3) is 3.60. The first-order chi connectivity index (χ1) is 6.33. The molecule has 1 heterocycles. The van der Waals surface area contributed by atoms with Crippen LogP contribution in [-0.2, 0) is 16.1 Å². The minimum Gasteiger partial charge on any atom is -0.461 e. The van der Waals surface area contributed by atoms with Gasteiger partial charge in [-0.2, -0.15) is 0 Å². The predicted molar refractivity (Wildman–Crippen MR) is 50.2 cm³/mol. The van der Waals surface area contributed by atoms with Crippen molar-refractivity contribution in [1.29, 1.82) is 0 Å². The van der Waals surface area contributed by atoms with Gasteiger partial charge in [-0.1, -0.05) is 12.7 Å². The van der Waals surface area contributed by atoms with E-state index in [2.05, 4.69) is 6.58 Å². The minimum absolute atomic E-state index is 0.186. The molecule has 3 nitrogen and oxygen atoms in total. The van der Waals surface area contributed by atoms with E-state index in [-0.39, 0.29) is 5.97 Å². The molecular formula is C10H13NO2. The molecule has 0 fully saturated rings. The zero-order valence-electron chi connectivity index (χ0n) is 7.48. The van der Waals surface area contributed by atoms with E-state index in [1.807, 2.05) is 29.1 Å². The zero-order valence-corrected chi connectivity index (χ0v) is 7.48. The lowest BCUT2D eigenvalue weighted by molar-refractivity contribution is -0.142. The zero-order chi connectivity index (χ0) is 9.52. The summed E-state index contributed by atoms with van der Waals surface area (Å²) in [7, 11) is 0. The number of ether oxygens (including phenoxy) is 1. The summed E-state index contributed by atoms with van der Waals surface area (Å²) in [6, 6.07) is 3.85. The van der Waals surface area contributed by atoms with Crippen LogP contribution < -0.4 is 0 Å². The molecule has 0 amide bonds. The van der Waals surface area contributed by atoms with Crippen molar-refractivity contribution >= 4 is 5.97 Å². The molecule has 0 unspecified atom stereocenters. The van der Waals surface area contributed by atoms with Gasteiger partial charge in [0.1, 0.15) is 6.61 Å². The van der Waals surface area contributed by atoms with Crippen molar-refractivity contribution in [3.63, 3.8) is 0 Å². The highest BCUT2D eigenvalue weighted by molar-refractivity contribution is 5.69. The van der Waals surface area contributed by atoms with Crippen LogP contribution in [0.1, 0.15) is 6.42 Å². The van der Waals surface area contributed by atoms with E-state index in [0.29, 0.717) is 19.6 Å². The van der Waals surface area contributed by atoms with Gasteiger partial charge in [-0.15, -0.1) is 0 Å². The largest absolute Gasteiger partial charge is 0.461 e. The maximum atomic E-state index is 11.0. The maximum absolute atomic E-state index is 11.0. The van der Waals surface area contributed by atoms with Crippen LogP contribution in [0, 0.1) is 0 Å². The second-order valence-corrected chi connectivity index (χ2v) is 2.64. The van der Waals surface area contributed by atoms with Gasteiger partial charge in [-0.25, -0.2) is 0 Å². The fraction of sp³-hybridized carbons (Fsp3) is 0.300. The monoisotopic (exact) mass is 179 g/mol. The molecule has 0 radical (unpaired) electrons. The Kier molecular flexibility index (Phi) is 3.82. The van der Waals surface area contributed by atoms with Gasteiger partial charge in [0, 0.05) is 18.9 Å². The van der Waals surface area contributed by atoms with Gasteiger partial charge >= 0.3 is 5.97 Å². The van der Waals surface area contributed by atoms with Gasteiger partial charge in [0.2, 0.25) is 0 Å². The number of carbonyl (C=O) groups excluding carboxylic acids is 1. The number of aromatic nitrogens is 1. The molecule has 0 aromatic carbocycles. The van der Waals surface area contributed by atoms with Crippen LogP contribution in [0.2, 0.25) is 0 Å².